The lowest BCUT2D eigenvalue weighted by atomic mass is 9.80. The summed E-state index contributed by atoms with van der Waals surface area (Å²) < 4.78 is 20.6. The number of aliphatic hydroxyl groups is 2. The first kappa shape index (κ1) is 35.3. The number of hydrogen-bond acceptors (Lipinski definition) is 11. The molecule has 1 saturated heterocycles. The average molecular weight is 717 g/mol. The number of nitro groups is 1. The third kappa shape index (κ3) is 7.21. The Balaban J connectivity index is 1.16. The van der Waals surface area contributed by atoms with Gasteiger partial charge in [-0.1, -0.05) is 103 Å². The Bertz CT molecular complexity index is 2090. The zero-order valence-corrected chi connectivity index (χ0v) is 28.6. The highest BCUT2D eigenvalue weighted by molar-refractivity contribution is 5.88. The van der Waals surface area contributed by atoms with E-state index in [0.717, 1.165) is 22.3 Å². The Morgan fingerprint density at radius 2 is 1.47 bits per heavy atom. The standard InChI is InChI=1S/C39H36N6O8/c1-25(46)41-38-42-35-32(36(43-38)51-22-21-26-17-19-30(20-18-26)45(49)50)40-24-44(35)37-34(48)33(47)31(53-37)23-52-39(27-11-5-2-6-12-27,28-13-7-3-8-14-28)29-15-9-4-10-16-29/h2-20,24,31,33-34,37,47-48H,21-23H2,1H3,(H,41,42,43,46)/t31-,33-,34-,37-/m1/s1. The number of anilines is 1. The molecule has 0 aliphatic carbocycles. The molecule has 4 atom stereocenters. The maximum atomic E-state index is 12.0. The predicted molar refractivity (Wildman–Crippen MR) is 193 cm³/mol. The summed E-state index contributed by atoms with van der Waals surface area (Å²) >= 11 is 0. The van der Waals surface area contributed by atoms with E-state index in [1.807, 2.05) is 91.0 Å². The number of nitro benzene ring substituents is 1. The van der Waals surface area contributed by atoms with E-state index in [1.54, 1.807) is 12.1 Å². The number of ether oxygens (including phenoxy) is 3. The lowest BCUT2D eigenvalue weighted by Crippen LogP contribution is -2.39. The van der Waals surface area contributed by atoms with Crippen molar-refractivity contribution in [2.45, 2.75) is 43.5 Å². The van der Waals surface area contributed by atoms with Gasteiger partial charge in [0.25, 0.3) is 5.69 Å². The molecule has 2 aromatic heterocycles. The van der Waals surface area contributed by atoms with Gasteiger partial charge in [0.15, 0.2) is 17.4 Å². The van der Waals surface area contributed by atoms with E-state index in [1.165, 1.54) is 30.0 Å². The second-order valence-electron chi connectivity index (χ2n) is 12.5. The van der Waals surface area contributed by atoms with E-state index in [2.05, 4.69) is 20.3 Å². The smallest absolute Gasteiger partial charge is 0.269 e. The molecule has 1 amide bonds. The Morgan fingerprint density at radius 1 is 0.887 bits per heavy atom. The summed E-state index contributed by atoms with van der Waals surface area (Å²) in [4.78, 5) is 35.8. The van der Waals surface area contributed by atoms with Gasteiger partial charge in [-0.2, -0.15) is 9.97 Å². The average Bonchev–Trinajstić information content (AvgIpc) is 3.72. The third-order valence-electron chi connectivity index (χ3n) is 9.07. The summed E-state index contributed by atoms with van der Waals surface area (Å²) in [5.41, 5.74) is 2.70. The van der Waals surface area contributed by atoms with Crippen molar-refractivity contribution in [3.05, 3.63) is 154 Å². The molecule has 270 valence electrons. The van der Waals surface area contributed by atoms with Crippen LogP contribution in [0.4, 0.5) is 11.6 Å². The zero-order chi connectivity index (χ0) is 37.0. The van der Waals surface area contributed by atoms with E-state index < -0.39 is 41.0 Å². The summed E-state index contributed by atoms with van der Waals surface area (Å²) in [6, 6.07) is 35.5. The van der Waals surface area contributed by atoms with Crippen molar-refractivity contribution < 1.29 is 34.1 Å². The molecule has 1 aliphatic rings. The van der Waals surface area contributed by atoms with Crippen LogP contribution in [0.1, 0.15) is 35.4 Å². The summed E-state index contributed by atoms with van der Waals surface area (Å²) in [5.74, 6) is -0.426. The summed E-state index contributed by atoms with van der Waals surface area (Å²) in [7, 11) is 0. The zero-order valence-electron chi connectivity index (χ0n) is 28.6. The van der Waals surface area contributed by atoms with Gasteiger partial charge in [-0.3, -0.25) is 24.8 Å². The number of aromatic nitrogens is 4. The van der Waals surface area contributed by atoms with Gasteiger partial charge in [-0.25, -0.2) is 4.98 Å². The lowest BCUT2D eigenvalue weighted by molar-refractivity contribution is -0.384. The number of amides is 1. The summed E-state index contributed by atoms with van der Waals surface area (Å²) in [5, 5.41) is 36.3. The molecule has 14 heteroatoms. The van der Waals surface area contributed by atoms with Crippen molar-refractivity contribution in [3.63, 3.8) is 0 Å². The number of carbonyl (C=O) groups excluding carboxylic acids is 1. The van der Waals surface area contributed by atoms with E-state index in [0.29, 0.717) is 6.42 Å². The summed E-state index contributed by atoms with van der Waals surface area (Å²) in [6.07, 6.45) is -3.09. The Morgan fingerprint density at radius 3 is 2.02 bits per heavy atom. The predicted octanol–water partition coefficient (Wildman–Crippen LogP) is 4.94. The first-order chi connectivity index (χ1) is 25.7. The molecule has 6 aromatic rings. The van der Waals surface area contributed by atoms with E-state index in [-0.39, 0.29) is 41.9 Å². The van der Waals surface area contributed by atoms with E-state index >= 15 is 0 Å². The molecule has 1 aliphatic heterocycles. The van der Waals surface area contributed by atoms with Crippen LogP contribution in [0.15, 0.2) is 122 Å². The van der Waals surface area contributed by atoms with Crippen molar-refractivity contribution in [2.75, 3.05) is 18.5 Å². The molecule has 3 N–H and O–H groups in total. The number of rotatable bonds is 13. The first-order valence-electron chi connectivity index (χ1n) is 16.9. The second kappa shape index (κ2) is 15.3. The molecule has 14 nitrogen and oxygen atoms in total. The second-order valence-corrected chi connectivity index (χ2v) is 12.5. The fourth-order valence-corrected chi connectivity index (χ4v) is 6.51. The molecule has 4 aromatic carbocycles. The Kier molecular flexibility index (Phi) is 10.2. The number of aliphatic hydroxyl groups excluding tert-OH is 2. The van der Waals surface area contributed by atoms with Crippen LogP contribution in [0.3, 0.4) is 0 Å². The number of carbonyl (C=O) groups is 1. The molecule has 53 heavy (non-hydrogen) atoms. The minimum Gasteiger partial charge on any atom is -0.476 e. The molecular weight excluding hydrogens is 680 g/mol. The molecule has 0 bridgehead atoms. The monoisotopic (exact) mass is 716 g/mol. The molecule has 0 spiro atoms. The highest BCUT2D eigenvalue weighted by Crippen LogP contribution is 2.42. The van der Waals surface area contributed by atoms with Crippen LogP contribution in [-0.4, -0.2) is 72.1 Å². The number of benzene rings is 4. The number of non-ortho nitro benzene ring substituents is 1. The van der Waals surface area contributed by atoms with Crippen LogP contribution in [0, 0.1) is 10.1 Å². The fraction of sp³-hybridized carbons (Fsp3) is 0.231. The number of nitrogens with zero attached hydrogens (tertiary/aromatic N) is 5. The molecule has 3 heterocycles. The molecule has 0 unspecified atom stereocenters. The van der Waals surface area contributed by atoms with Crippen LogP contribution in [0.25, 0.3) is 11.2 Å². The van der Waals surface area contributed by atoms with Crippen molar-refractivity contribution >= 4 is 28.7 Å². The highest BCUT2D eigenvalue weighted by atomic mass is 16.6. The van der Waals surface area contributed by atoms with Crippen LogP contribution >= 0.6 is 0 Å². The van der Waals surface area contributed by atoms with Crippen molar-refractivity contribution in [1.29, 1.82) is 0 Å². The number of imidazole rings is 1. The van der Waals surface area contributed by atoms with Crippen molar-refractivity contribution in [1.82, 2.24) is 19.5 Å². The quantitative estimate of drug-likeness (QED) is 0.0836. The fourth-order valence-electron chi connectivity index (χ4n) is 6.51. The first-order valence-corrected chi connectivity index (χ1v) is 16.9. The highest BCUT2D eigenvalue weighted by Gasteiger charge is 2.47. The molecule has 1 fully saturated rings. The third-order valence-corrected chi connectivity index (χ3v) is 9.07. The molecule has 0 radical (unpaired) electrons. The maximum absolute atomic E-state index is 12.0. The van der Waals surface area contributed by atoms with E-state index in [9.17, 15) is 25.1 Å². The topological polar surface area (TPSA) is 184 Å². The number of fused-ring (bicyclic) bond motifs is 1. The van der Waals surface area contributed by atoms with Gasteiger partial charge in [0, 0.05) is 25.5 Å². The van der Waals surface area contributed by atoms with Gasteiger partial charge in [0.05, 0.1) is 24.5 Å². The number of hydrogen-bond donors (Lipinski definition) is 3. The van der Waals surface area contributed by atoms with Crippen LogP contribution < -0.4 is 10.1 Å². The van der Waals surface area contributed by atoms with Crippen LogP contribution in [0.2, 0.25) is 0 Å². The van der Waals surface area contributed by atoms with Crippen molar-refractivity contribution in [2.24, 2.45) is 0 Å². The van der Waals surface area contributed by atoms with Gasteiger partial charge in [0.2, 0.25) is 17.7 Å². The van der Waals surface area contributed by atoms with Gasteiger partial charge < -0.3 is 24.4 Å². The van der Waals surface area contributed by atoms with Crippen LogP contribution in [-0.2, 0) is 26.3 Å². The maximum Gasteiger partial charge on any atom is 0.269 e. The largest absolute Gasteiger partial charge is 0.476 e. The van der Waals surface area contributed by atoms with Gasteiger partial charge in [-0.15, -0.1) is 0 Å². The van der Waals surface area contributed by atoms with Crippen LogP contribution in [0.5, 0.6) is 5.88 Å². The summed E-state index contributed by atoms with van der Waals surface area (Å²) in [6.45, 7) is 1.33. The number of nitrogens with one attached hydrogen (secondary N) is 1. The minimum atomic E-state index is -1.41. The normalized spacial score (nSPS) is 18.5. The molecule has 0 saturated carbocycles. The lowest BCUT2D eigenvalue weighted by Gasteiger charge is -2.37. The minimum absolute atomic E-state index is 0.0178. The SMILES string of the molecule is CC(=O)Nc1nc(OCCc2ccc([N+](=O)[O-])cc2)c2ncn([C@@H]3O[C@H](COC(c4ccccc4)(c4ccccc4)c4ccccc4)[C@@H](O)[C@H]3O)c2n1. The Labute approximate surface area is 303 Å². The van der Waals surface area contributed by atoms with Crippen molar-refractivity contribution in [3.8, 4) is 5.88 Å². The van der Waals surface area contributed by atoms with Gasteiger partial charge in [-0.05, 0) is 22.3 Å². The van der Waals surface area contributed by atoms with Gasteiger partial charge in [0.1, 0.15) is 23.9 Å². The molecular formula is C39H36N6O8. The van der Waals surface area contributed by atoms with Gasteiger partial charge >= 0.3 is 0 Å². The van der Waals surface area contributed by atoms with E-state index in [4.69, 9.17) is 14.2 Å². The Hall–Kier alpha value is -6.06. The molecule has 7 rings (SSSR count).